The van der Waals surface area contributed by atoms with E-state index in [9.17, 15) is 0 Å². The van der Waals surface area contributed by atoms with Gasteiger partial charge >= 0.3 is 0 Å². The second-order valence-corrected chi connectivity index (χ2v) is 5.32. The smallest absolute Gasteiger partial charge is 0.188 e. The number of rotatable bonds is 7. The van der Waals surface area contributed by atoms with Gasteiger partial charge in [0.05, 0.1) is 0 Å². The number of hydrogen-bond acceptors (Lipinski definition) is 2. The highest BCUT2D eigenvalue weighted by atomic mass is 127. The molecule has 4 nitrogen and oxygen atoms in total. The van der Waals surface area contributed by atoms with Gasteiger partial charge in [0.1, 0.15) is 0 Å². The van der Waals surface area contributed by atoms with Gasteiger partial charge in [-0.05, 0) is 39.3 Å². The molecule has 1 aliphatic carbocycles. The molecule has 0 aromatic rings. The predicted molar refractivity (Wildman–Crippen MR) is 94.3 cm³/mol. The van der Waals surface area contributed by atoms with Gasteiger partial charge in [-0.3, -0.25) is 4.99 Å². The molecule has 1 saturated carbocycles. The lowest BCUT2D eigenvalue weighted by Gasteiger charge is -2.31. The lowest BCUT2D eigenvalue weighted by atomic mass is 9.94. The van der Waals surface area contributed by atoms with Crippen LogP contribution in [-0.4, -0.2) is 43.6 Å². The first-order chi connectivity index (χ1) is 8.74. The molecule has 0 spiro atoms. The van der Waals surface area contributed by atoms with E-state index in [1.165, 1.54) is 32.1 Å². The van der Waals surface area contributed by atoms with E-state index >= 15 is 0 Å². The predicted octanol–water partition coefficient (Wildman–Crippen LogP) is 2.57. The highest BCUT2D eigenvalue weighted by Crippen LogP contribution is 2.21. The Labute approximate surface area is 135 Å². The molecule has 0 unspecified atom stereocenters. The molecule has 114 valence electrons. The Morgan fingerprint density at radius 3 is 2.63 bits per heavy atom. The number of nitrogens with one attached hydrogen (secondary N) is 1. The van der Waals surface area contributed by atoms with E-state index in [1.807, 2.05) is 0 Å². The Bertz CT molecular complexity index is 240. The van der Waals surface area contributed by atoms with Crippen molar-refractivity contribution < 1.29 is 0 Å². The van der Waals surface area contributed by atoms with Gasteiger partial charge in [-0.2, -0.15) is 0 Å². The molecule has 0 aromatic heterocycles. The van der Waals surface area contributed by atoms with Crippen LogP contribution in [0.2, 0.25) is 0 Å². The summed E-state index contributed by atoms with van der Waals surface area (Å²) >= 11 is 0. The minimum absolute atomic E-state index is 0. The van der Waals surface area contributed by atoms with Crippen LogP contribution in [0.4, 0.5) is 0 Å². The Hall–Kier alpha value is -0.0400. The van der Waals surface area contributed by atoms with E-state index in [0.717, 1.165) is 38.5 Å². The Morgan fingerprint density at radius 1 is 1.32 bits per heavy atom. The molecule has 1 aliphatic rings. The van der Waals surface area contributed by atoms with Crippen molar-refractivity contribution in [2.45, 2.75) is 57.9 Å². The first-order valence-corrected chi connectivity index (χ1v) is 7.48. The van der Waals surface area contributed by atoms with Crippen molar-refractivity contribution in [1.82, 2.24) is 10.2 Å². The van der Waals surface area contributed by atoms with Crippen molar-refractivity contribution in [1.29, 1.82) is 0 Å². The minimum Gasteiger partial charge on any atom is -0.370 e. The summed E-state index contributed by atoms with van der Waals surface area (Å²) in [6.45, 7) is 5.01. The average Bonchev–Trinajstić information content (AvgIpc) is 2.42. The summed E-state index contributed by atoms with van der Waals surface area (Å²) in [5.41, 5.74) is 5.74. The molecule has 0 aliphatic heterocycles. The van der Waals surface area contributed by atoms with Crippen molar-refractivity contribution in [2.75, 3.05) is 26.7 Å². The third kappa shape index (κ3) is 8.68. The lowest BCUT2D eigenvalue weighted by Crippen LogP contribution is -2.37. The van der Waals surface area contributed by atoms with Crippen LogP contribution in [0.3, 0.4) is 0 Å². The molecule has 0 amide bonds. The number of aliphatic imine (C=N–C) groups is 1. The molecule has 0 radical (unpaired) electrons. The first kappa shape index (κ1) is 19.0. The summed E-state index contributed by atoms with van der Waals surface area (Å²) in [5.74, 6) is 0.595. The van der Waals surface area contributed by atoms with Gasteiger partial charge in [0.2, 0.25) is 0 Å². The third-order valence-electron chi connectivity index (χ3n) is 3.70. The summed E-state index contributed by atoms with van der Waals surface area (Å²) in [7, 11) is 2.25. The summed E-state index contributed by atoms with van der Waals surface area (Å²) in [5, 5.41) is 3.18. The van der Waals surface area contributed by atoms with E-state index in [0.29, 0.717) is 5.96 Å². The SMILES string of the molecule is CCCN=C(N)NCCCN(C)C1CCCCC1.I. The maximum atomic E-state index is 5.74. The zero-order valence-electron chi connectivity index (χ0n) is 12.5. The normalized spacial score (nSPS) is 17.3. The second-order valence-electron chi connectivity index (χ2n) is 5.32. The molecule has 5 heteroatoms. The summed E-state index contributed by atoms with van der Waals surface area (Å²) in [6.07, 6.45) is 9.18. The van der Waals surface area contributed by atoms with Gasteiger partial charge in [0, 0.05) is 19.1 Å². The van der Waals surface area contributed by atoms with Crippen molar-refractivity contribution in [3.05, 3.63) is 0 Å². The molecule has 0 atom stereocenters. The zero-order valence-corrected chi connectivity index (χ0v) is 14.9. The van der Waals surface area contributed by atoms with Crippen molar-refractivity contribution in [2.24, 2.45) is 10.7 Å². The molecule has 1 rings (SSSR count). The highest BCUT2D eigenvalue weighted by molar-refractivity contribution is 14.0. The van der Waals surface area contributed by atoms with E-state index in [4.69, 9.17) is 5.73 Å². The maximum absolute atomic E-state index is 5.74. The van der Waals surface area contributed by atoms with Crippen LogP contribution < -0.4 is 11.1 Å². The number of hydrogen-bond donors (Lipinski definition) is 2. The summed E-state index contributed by atoms with van der Waals surface area (Å²) in [6, 6.07) is 0.810. The molecular formula is C14H31IN4. The third-order valence-corrected chi connectivity index (χ3v) is 3.70. The number of nitrogens with two attached hydrogens (primary N) is 1. The Kier molecular flexibility index (Phi) is 11.7. The van der Waals surface area contributed by atoms with Crippen molar-refractivity contribution in [3.63, 3.8) is 0 Å². The fourth-order valence-corrected chi connectivity index (χ4v) is 2.54. The minimum atomic E-state index is 0. The quantitative estimate of drug-likeness (QED) is 0.308. The van der Waals surface area contributed by atoms with E-state index in [2.05, 4.69) is 29.2 Å². The number of halogens is 1. The van der Waals surface area contributed by atoms with Crippen molar-refractivity contribution in [3.8, 4) is 0 Å². The first-order valence-electron chi connectivity index (χ1n) is 7.48. The average molecular weight is 382 g/mol. The molecule has 3 N–H and O–H groups in total. The molecule has 0 saturated heterocycles. The fourth-order valence-electron chi connectivity index (χ4n) is 2.54. The second kappa shape index (κ2) is 11.8. The zero-order chi connectivity index (χ0) is 13.2. The summed E-state index contributed by atoms with van der Waals surface area (Å²) < 4.78 is 0. The van der Waals surface area contributed by atoms with Crippen LogP contribution in [0.1, 0.15) is 51.9 Å². The van der Waals surface area contributed by atoms with Gasteiger partial charge in [0.15, 0.2) is 5.96 Å². The van der Waals surface area contributed by atoms with E-state index in [-0.39, 0.29) is 24.0 Å². The summed E-state index contributed by atoms with van der Waals surface area (Å²) in [4.78, 5) is 6.73. The van der Waals surface area contributed by atoms with Crippen LogP contribution in [0, 0.1) is 0 Å². The Morgan fingerprint density at radius 2 is 2.00 bits per heavy atom. The van der Waals surface area contributed by atoms with E-state index in [1.54, 1.807) is 0 Å². The van der Waals surface area contributed by atoms with Gasteiger partial charge in [-0.1, -0.05) is 26.2 Å². The molecule has 0 heterocycles. The van der Waals surface area contributed by atoms with Gasteiger partial charge in [-0.25, -0.2) is 0 Å². The lowest BCUT2D eigenvalue weighted by molar-refractivity contribution is 0.190. The Balaban J connectivity index is 0.00000324. The largest absolute Gasteiger partial charge is 0.370 e. The van der Waals surface area contributed by atoms with Crippen LogP contribution in [0.15, 0.2) is 4.99 Å². The van der Waals surface area contributed by atoms with E-state index < -0.39 is 0 Å². The number of guanidine groups is 1. The van der Waals surface area contributed by atoms with Gasteiger partial charge in [0.25, 0.3) is 0 Å². The monoisotopic (exact) mass is 382 g/mol. The molecular weight excluding hydrogens is 351 g/mol. The van der Waals surface area contributed by atoms with Gasteiger partial charge in [-0.15, -0.1) is 24.0 Å². The molecule has 0 bridgehead atoms. The van der Waals surface area contributed by atoms with Crippen LogP contribution in [0.25, 0.3) is 0 Å². The standard InChI is InChI=1S/C14H30N4.HI/c1-3-10-16-14(15)17-11-7-12-18(2)13-8-5-4-6-9-13;/h13H,3-12H2,1-2H3,(H3,15,16,17);1H. The maximum Gasteiger partial charge on any atom is 0.188 e. The highest BCUT2D eigenvalue weighted by Gasteiger charge is 2.16. The molecule has 19 heavy (non-hydrogen) atoms. The van der Waals surface area contributed by atoms with Crippen LogP contribution >= 0.6 is 24.0 Å². The molecule has 0 aromatic carbocycles. The van der Waals surface area contributed by atoms with Gasteiger partial charge < -0.3 is 16.0 Å². The van der Waals surface area contributed by atoms with Crippen molar-refractivity contribution >= 4 is 29.9 Å². The van der Waals surface area contributed by atoms with Crippen LogP contribution in [-0.2, 0) is 0 Å². The topological polar surface area (TPSA) is 53.6 Å². The molecule has 1 fully saturated rings. The fraction of sp³-hybridized carbons (Fsp3) is 0.929. The number of nitrogens with zero attached hydrogens (tertiary/aromatic N) is 2. The van der Waals surface area contributed by atoms with Crippen LogP contribution in [0.5, 0.6) is 0 Å².